The van der Waals surface area contributed by atoms with E-state index in [0.29, 0.717) is 6.61 Å². The van der Waals surface area contributed by atoms with Crippen molar-refractivity contribution < 1.29 is 9.53 Å². The Balaban J connectivity index is 3.15. The molecule has 0 fully saturated rings. The van der Waals surface area contributed by atoms with Crippen molar-refractivity contribution in [2.24, 2.45) is 0 Å². The first-order chi connectivity index (χ1) is 7.47. The summed E-state index contributed by atoms with van der Waals surface area (Å²) in [5.74, 6) is -0.255. The van der Waals surface area contributed by atoms with E-state index in [1.165, 1.54) is 23.6 Å². The second kappa shape index (κ2) is 5.15. The Bertz CT molecular complexity index is 470. The predicted molar refractivity (Wildman–Crippen MR) is 66.5 cm³/mol. The third-order valence-electron chi connectivity index (χ3n) is 2.92. The molecule has 16 heavy (non-hydrogen) atoms. The third-order valence-corrected chi connectivity index (χ3v) is 3.75. The summed E-state index contributed by atoms with van der Waals surface area (Å²) in [4.78, 5) is 10.8. The molecule has 0 unspecified atom stereocenters. The van der Waals surface area contributed by atoms with E-state index in [1.54, 1.807) is 0 Å². The average molecular weight is 232 g/mol. The zero-order chi connectivity index (χ0) is 12.3. The SMILES string of the molecule is C#[Si]c1cc(COC(C)=O)c(C)c(C)c1C. The lowest BCUT2D eigenvalue weighted by molar-refractivity contribution is -0.142. The van der Waals surface area contributed by atoms with Gasteiger partial charge in [0.05, 0.1) is 0 Å². The van der Waals surface area contributed by atoms with Crippen LogP contribution >= 0.6 is 0 Å². The molecule has 0 aromatic heterocycles. The number of carbonyl (C=O) groups is 1. The normalized spacial score (nSPS) is 9.69. The molecule has 2 nitrogen and oxygen atoms in total. The van der Waals surface area contributed by atoms with Gasteiger partial charge >= 0.3 is 5.97 Å². The first-order valence-corrected chi connectivity index (χ1v) is 6.24. The Labute approximate surface area is 98.7 Å². The number of ether oxygens (including phenoxy) is 1. The van der Waals surface area contributed by atoms with Gasteiger partial charge in [-0.1, -0.05) is 0 Å². The molecule has 0 amide bonds. The molecule has 1 aromatic rings. The molecule has 3 heteroatoms. The second-order valence-corrected chi connectivity index (χ2v) is 4.71. The van der Waals surface area contributed by atoms with Gasteiger partial charge in [-0.3, -0.25) is 4.79 Å². The number of rotatable bonds is 2. The van der Waals surface area contributed by atoms with E-state index in [-0.39, 0.29) is 14.9 Å². The van der Waals surface area contributed by atoms with Gasteiger partial charge < -0.3 is 4.74 Å². The van der Waals surface area contributed by atoms with E-state index in [0.717, 1.165) is 10.8 Å². The minimum absolute atomic E-state index is 0.255. The Kier molecular flexibility index (Phi) is 4.10. The van der Waals surface area contributed by atoms with E-state index in [9.17, 15) is 4.79 Å². The predicted octanol–water partition coefficient (Wildman–Crippen LogP) is 1.59. The van der Waals surface area contributed by atoms with Crippen LogP contribution in [0.5, 0.6) is 0 Å². The van der Waals surface area contributed by atoms with Crippen LogP contribution in [0.15, 0.2) is 6.07 Å². The van der Waals surface area contributed by atoms with Crippen LogP contribution in [0.3, 0.4) is 0 Å². The fourth-order valence-corrected chi connectivity index (χ4v) is 2.26. The van der Waals surface area contributed by atoms with Crippen LogP contribution in [-0.2, 0) is 16.1 Å². The van der Waals surface area contributed by atoms with Crippen molar-refractivity contribution >= 4 is 20.1 Å². The Morgan fingerprint density at radius 3 is 2.44 bits per heavy atom. The van der Waals surface area contributed by atoms with Gasteiger partial charge in [-0.2, -0.15) is 6.00 Å². The molecule has 0 aliphatic heterocycles. The molecular weight excluding hydrogens is 216 g/mol. The van der Waals surface area contributed by atoms with E-state index in [2.05, 4.69) is 13.8 Å². The van der Waals surface area contributed by atoms with Crippen LogP contribution in [0.25, 0.3) is 0 Å². The monoisotopic (exact) mass is 232 g/mol. The van der Waals surface area contributed by atoms with E-state index in [4.69, 9.17) is 10.7 Å². The zero-order valence-electron chi connectivity index (χ0n) is 10.2. The van der Waals surface area contributed by atoms with Gasteiger partial charge in [0.15, 0.2) is 0 Å². The minimum atomic E-state index is -0.255. The standard InChI is InChI=1S/C13H16O2Si/c1-8-9(2)12(7-15-11(4)14)6-13(16-5)10(8)3/h5-6H,7H2,1-4H3. The van der Waals surface area contributed by atoms with Gasteiger partial charge in [-0.15, -0.1) is 0 Å². The maximum atomic E-state index is 10.8. The van der Waals surface area contributed by atoms with Gasteiger partial charge in [0.2, 0.25) is 0 Å². The van der Waals surface area contributed by atoms with Gasteiger partial charge in [0.1, 0.15) is 6.61 Å². The molecule has 1 aromatic carbocycles. The molecule has 0 aliphatic carbocycles. The van der Waals surface area contributed by atoms with E-state index in [1.807, 2.05) is 13.0 Å². The fraction of sp³-hybridized carbons (Fsp3) is 0.385. The number of carbonyl (C=O) groups excluding carboxylic acids is 1. The first-order valence-electron chi connectivity index (χ1n) is 5.17. The van der Waals surface area contributed by atoms with Gasteiger partial charge in [0.25, 0.3) is 0 Å². The average Bonchev–Trinajstić information content (AvgIpc) is 2.25. The molecule has 0 spiro atoms. The zero-order valence-corrected chi connectivity index (χ0v) is 11.2. The van der Waals surface area contributed by atoms with Gasteiger partial charge in [-0.05, 0) is 54.3 Å². The number of hydrogen-bond acceptors (Lipinski definition) is 2. The topological polar surface area (TPSA) is 26.3 Å². The van der Waals surface area contributed by atoms with Gasteiger partial charge in [0, 0.05) is 15.9 Å². The molecule has 0 heterocycles. The summed E-state index contributed by atoms with van der Waals surface area (Å²) in [6, 6.07) is 7.76. The summed E-state index contributed by atoms with van der Waals surface area (Å²) >= 11 is 0. The minimum Gasteiger partial charge on any atom is -0.461 e. The molecule has 1 rings (SSSR count). The highest BCUT2D eigenvalue weighted by Gasteiger charge is 2.08. The molecule has 0 saturated heterocycles. The van der Waals surface area contributed by atoms with Crippen molar-refractivity contribution in [1.82, 2.24) is 0 Å². The molecule has 0 bridgehead atoms. The quantitative estimate of drug-likeness (QED) is 0.572. The summed E-state index contributed by atoms with van der Waals surface area (Å²) in [6.45, 7) is 7.95. The Hall–Kier alpha value is -1.31. The largest absolute Gasteiger partial charge is 0.461 e. The third kappa shape index (κ3) is 2.63. The lowest BCUT2D eigenvalue weighted by Gasteiger charge is -2.13. The van der Waals surface area contributed by atoms with Crippen LogP contribution in [0.2, 0.25) is 0 Å². The maximum Gasteiger partial charge on any atom is 0.302 e. The van der Waals surface area contributed by atoms with Crippen molar-refractivity contribution in [2.75, 3.05) is 0 Å². The van der Waals surface area contributed by atoms with Crippen LogP contribution in [0.1, 0.15) is 29.2 Å². The highest BCUT2D eigenvalue weighted by molar-refractivity contribution is 6.43. The Morgan fingerprint density at radius 2 is 1.94 bits per heavy atom. The number of esters is 1. The van der Waals surface area contributed by atoms with Crippen molar-refractivity contribution in [3.63, 3.8) is 0 Å². The summed E-state index contributed by atoms with van der Waals surface area (Å²) in [5.41, 5.74) is 4.70. The van der Waals surface area contributed by atoms with Crippen LogP contribution in [-0.4, -0.2) is 14.9 Å². The van der Waals surface area contributed by atoms with E-state index < -0.39 is 0 Å². The van der Waals surface area contributed by atoms with Crippen LogP contribution in [0.4, 0.5) is 0 Å². The van der Waals surface area contributed by atoms with Crippen LogP contribution < -0.4 is 5.19 Å². The summed E-state index contributed by atoms with van der Waals surface area (Å²) in [5, 5.41) is 1.14. The number of benzene rings is 1. The van der Waals surface area contributed by atoms with Crippen molar-refractivity contribution in [3.05, 3.63) is 28.3 Å². The first kappa shape index (κ1) is 12.8. The molecular formula is C13H16O2Si. The molecule has 84 valence electrons. The smallest absolute Gasteiger partial charge is 0.302 e. The molecule has 0 atom stereocenters. The highest BCUT2D eigenvalue weighted by atomic mass is 28.2. The van der Waals surface area contributed by atoms with Crippen molar-refractivity contribution in [3.8, 4) is 6.00 Å². The van der Waals surface area contributed by atoms with Crippen molar-refractivity contribution in [1.29, 1.82) is 0 Å². The summed E-state index contributed by atoms with van der Waals surface area (Å²) in [7, 11) is 0.276. The van der Waals surface area contributed by atoms with Crippen LogP contribution in [0, 0.1) is 26.8 Å². The molecule has 0 N–H and O–H groups in total. The maximum absolute atomic E-state index is 10.8. The molecule has 0 radical (unpaired) electrons. The van der Waals surface area contributed by atoms with Gasteiger partial charge in [-0.25, -0.2) is 0 Å². The molecule has 0 saturated carbocycles. The lowest BCUT2D eigenvalue weighted by atomic mass is 9.99. The number of hydrogen-bond donors (Lipinski definition) is 0. The summed E-state index contributed by atoms with van der Waals surface area (Å²) in [6.07, 6.45) is 0. The lowest BCUT2D eigenvalue weighted by Crippen LogP contribution is -2.15. The highest BCUT2D eigenvalue weighted by Crippen LogP contribution is 2.16. The fourth-order valence-electron chi connectivity index (χ4n) is 1.59. The molecule has 0 aliphatic rings. The Morgan fingerprint density at radius 1 is 1.31 bits per heavy atom. The summed E-state index contributed by atoms with van der Waals surface area (Å²) < 4.78 is 5.03. The van der Waals surface area contributed by atoms with E-state index >= 15 is 0 Å². The second-order valence-electron chi connectivity index (χ2n) is 3.88. The van der Waals surface area contributed by atoms with Crippen molar-refractivity contribution in [2.45, 2.75) is 34.3 Å².